The van der Waals surface area contributed by atoms with Crippen LogP contribution < -0.4 is 0 Å². The van der Waals surface area contributed by atoms with Gasteiger partial charge in [-0.15, -0.1) is 0 Å². The Balaban J connectivity index is 1.32. The minimum Gasteiger partial charge on any atom is -0.341 e. The second-order valence-corrected chi connectivity index (χ2v) is 8.57. The van der Waals surface area contributed by atoms with E-state index in [1.165, 1.54) is 43.6 Å². The lowest BCUT2D eigenvalue weighted by molar-refractivity contribution is 0.827. The molecule has 4 aromatic carbocycles. The van der Waals surface area contributed by atoms with Crippen LogP contribution in [0.25, 0.3) is 43.6 Å². The highest BCUT2D eigenvalue weighted by Gasteiger charge is 2.10. The number of para-hydroxylation sites is 2. The van der Waals surface area contributed by atoms with Crippen LogP contribution in [0.15, 0.2) is 95.1 Å². The third-order valence-electron chi connectivity index (χ3n) is 6.71. The van der Waals surface area contributed by atoms with Crippen molar-refractivity contribution < 1.29 is 0 Å². The summed E-state index contributed by atoms with van der Waals surface area (Å²) in [5, 5.41) is 13.8. The first-order valence-electron chi connectivity index (χ1n) is 11.9. The van der Waals surface area contributed by atoms with Gasteiger partial charge in [-0.1, -0.05) is 48.5 Å². The van der Waals surface area contributed by atoms with Gasteiger partial charge in [0.15, 0.2) is 0 Å². The number of benzene rings is 4. The molecule has 0 spiro atoms. The van der Waals surface area contributed by atoms with Gasteiger partial charge in [0.05, 0.1) is 12.4 Å². The quantitative estimate of drug-likeness (QED) is 0.197. The maximum Gasteiger partial charge on any atom is 0.0568 e. The van der Waals surface area contributed by atoms with Crippen LogP contribution in [0.3, 0.4) is 0 Å². The van der Waals surface area contributed by atoms with Gasteiger partial charge in [0, 0.05) is 56.7 Å². The molecule has 0 N–H and O–H groups in total. The third-order valence-corrected chi connectivity index (χ3v) is 6.71. The van der Waals surface area contributed by atoms with E-state index >= 15 is 0 Å². The first-order chi connectivity index (χ1) is 16.8. The van der Waals surface area contributed by atoms with Gasteiger partial charge in [0.25, 0.3) is 0 Å². The number of aryl methyl sites for hydroxylation is 2. The Morgan fingerprint density at radius 2 is 0.941 bits per heavy atom. The van der Waals surface area contributed by atoms with Crippen LogP contribution in [0.1, 0.15) is 25.0 Å². The minimum absolute atomic E-state index is 0.947. The normalized spacial score (nSPS) is 12.4. The molecule has 0 saturated carbocycles. The van der Waals surface area contributed by atoms with E-state index < -0.39 is 0 Å². The summed E-state index contributed by atoms with van der Waals surface area (Å²) in [7, 11) is 0. The molecule has 0 amide bonds. The van der Waals surface area contributed by atoms with Gasteiger partial charge < -0.3 is 9.13 Å². The lowest BCUT2D eigenvalue weighted by atomic mass is 10.1. The Hall–Kier alpha value is -4.18. The molecule has 34 heavy (non-hydrogen) atoms. The topological polar surface area (TPSA) is 34.6 Å². The van der Waals surface area contributed by atoms with E-state index in [9.17, 15) is 0 Å². The number of nitrogens with zero attached hydrogens (tertiary/aromatic N) is 4. The third kappa shape index (κ3) is 3.22. The van der Waals surface area contributed by atoms with Crippen molar-refractivity contribution >= 4 is 56.0 Å². The summed E-state index contributed by atoms with van der Waals surface area (Å²) in [4.78, 5) is 0. The molecular formula is C30H26N4. The molecule has 2 aromatic heterocycles. The molecule has 0 aliphatic rings. The fourth-order valence-electron chi connectivity index (χ4n) is 5.18. The standard InChI is InChI=1S/C30H26N4/c1-3-33-27-11-7-5-9-23(27)25-17-21(13-15-29(25)33)19-31-32-20-22-14-16-30-26(18-22)24-10-6-8-12-28(24)34(30)4-2/h5-20H,3-4H2,1-2H3/b31-19-,32-20+. The van der Waals surface area contributed by atoms with Crippen LogP contribution in [-0.4, -0.2) is 21.6 Å². The van der Waals surface area contributed by atoms with Gasteiger partial charge in [-0.05, 0) is 61.4 Å². The van der Waals surface area contributed by atoms with Crippen molar-refractivity contribution in [2.75, 3.05) is 0 Å². The Morgan fingerprint density at radius 1 is 0.529 bits per heavy atom. The number of rotatable bonds is 5. The van der Waals surface area contributed by atoms with Gasteiger partial charge >= 0.3 is 0 Å². The summed E-state index contributed by atoms with van der Waals surface area (Å²) < 4.78 is 4.71. The summed E-state index contributed by atoms with van der Waals surface area (Å²) >= 11 is 0. The Morgan fingerprint density at radius 3 is 1.38 bits per heavy atom. The summed E-state index contributed by atoms with van der Waals surface area (Å²) in [5.74, 6) is 0. The second-order valence-electron chi connectivity index (χ2n) is 8.57. The van der Waals surface area contributed by atoms with E-state index in [1.807, 2.05) is 12.4 Å². The van der Waals surface area contributed by atoms with Crippen molar-refractivity contribution in [1.29, 1.82) is 0 Å². The molecule has 2 heterocycles. The highest BCUT2D eigenvalue weighted by molar-refractivity contribution is 6.10. The maximum atomic E-state index is 4.35. The highest BCUT2D eigenvalue weighted by atomic mass is 15.2. The van der Waals surface area contributed by atoms with Gasteiger partial charge in [0.1, 0.15) is 0 Å². The zero-order chi connectivity index (χ0) is 23.1. The first kappa shape index (κ1) is 20.4. The monoisotopic (exact) mass is 442 g/mol. The fourth-order valence-corrected chi connectivity index (χ4v) is 5.18. The second kappa shape index (κ2) is 8.31. The molecule has 0 radical (unpaired) electrons. The molecular weight excluding hydrogens is 416 g/mol. The van der Waals surface area contributed by atoms with Crippen molar-refractivity contribution in [3.63, 3.8) is 0 Å². The Labute approximate surface area is 198 Å². The minimum atomic E-state index is 0.947. The molecule has 0 fully saturated rings. The van der Waals surface area contributed by atoms with Crippen molar-refractivity contribution in [3.05, 3.63) is 96.1 Å². The number of hydrogen-bond donors (Lipinski definition) is 0. The molecule has 0 unspecified atom stereocenters. The van der Waals surface area contributed by atoms with Gasteiger partial charge in [-0.2, -0.15) is 10.2 Å². The fraction of sp³-hybridized carbons (Fsp3) is 0.133. The number of hydrogen-bond acceptors (Lipinski definition) is 2. The molecule has 4 heteroatoms. The van der Waals surface area contributed by atoms with Crippen molar-refractivity contribution in [2.45, 2.75) is 26.9 Å². The van der Waals surface area contributed by atoms with Crippen molar-refractivity contribution in [2.24, 2.45) is 10.2 Å². The predicted octanol–water partition coefficient (Wildman–Crippen LogP) is 7.40. The molecule has 6 rings (SSSR count). The smallest absolute Gasteiger partial charge is 0.0568 e. The van der Waals surface area contributed by atoms with Crippen LogP contribution in [0.4, 0.5) is 0 Å². The lowest BCUT2D eigenvalue weighted by Crippen LogP contribution is -1.92. The van der Waals surface area contributed by atoms with Crippen LogP contribution in [-0.2, 0) is 13.1 Å². The van der Waals surface area contributed by atoms with E-state index in [0.29, 0.717) is 0 Å². The Kier molecular flexibility index (Phi) is 4.99. The summed E-state index contributed by atoms with van der Waals surface area (Å²) in [6.45, 7) is 6.27. The number of fused-ring (bicyclic) bond motifs is 6. The van der Waals surface area contributed by atoms with Gasteiger partial charge in [-0.25, -0.2) is 0 Å². The SMILES string of the molecule is CCn1c2ccccc2c2cc(/C=N\N=C\c3ccc4c(c3)c3ccccc3n4CC)ccc21. The average Bonchev–Trinajstić information content (AvgIpc) is 3.38. The van der Waals surface area contributed by atoms with Gasteiger partial charge in [-0.3, -0.25) is 0 Å². The molecule has 0 aliphatic carbocycles. The van der Waals surface area contributed by atoms with E-state index in [1.54, 1.807) is 0 Å². The molecule has 6 aromatic rings. The van der Waals surface area contributed by atoms with Crippen LogP contribution >= 0.6 is 0 Å². The zero-order valence-electron chi connectivity index (χ0n) is 19.4. The summed E-state index contributed by atoms with van der Waals surface area (Å²) in [5.41, 5.74) is 7.14. The van der Waals surface area contributed by atoms with Crippen molar-refractivity contribution in [1.82, 2.24) is 9.13 Å². The molecule has 0 atom stereocenters. The lowest BCUT2D eigenvalue weighted by Gasteiger charge is -2.02. The molecule has 166 valence electrons. The van der Waals surface area contributed by atoms with Crippen LogP contribution in [0.5, 0.6) is 0 Å². The summed E-state index contributed by atoms with van der Waals surface area (Å²) in [6.07, 6.45) is 3.66. The average molecular weight is 443 g/mol. The number of aromatic nitrogens is 2. The molecule has 4 nitrogen and oxygen atoms in total. The Bertz CT molecular complexity index is 1600. The van der Waals surface area contributed by atoms with Gasteiger partial charge in [0.2, 0.25) is 0 Å². The van der Waals surface area contributed by atoms with E-state index in [0.717, 1.165) is 24.2 Å². The zero-order valence-corrected chi connectivity index (χ0v) is 19.4. The van der Waals surface area contributed by atoms with Crippen LogP contribution in [0.2, 0.25) is 0 Å². The largest absolute Gasteiger partial charge is 0.341 e. The van der Waals surface area contributed by atoms with E-state index in [2.05, 4.69) is 118 Å². The molecule has 0 saturated heterocycles. The van der Waals surface area contributed by atoms with E-state index in [-0.39, 0.29) is 0 Å². The molecule has 0 aliphatic heterocycles. The maximum absolute atomic E-state index is 4.35. The predicted molar refractivity (Wildman–Crippen MR) is 145 cm³/mol. The van der Waals surface area contributed by atoms with Crippen molar-refractivity contribution in [3.8, 4) is 0 Å². The first-order valence-corrected chi connectivity index (χ1v) is 11.9. The van der Waals surface area contributed by atoms with Crippen LogP contribution in [0, 0.1) is 0 Å². The summed E-state index contributed by atoms with van der Waals surface area (Å²) in [6, 6.07) is 30.1. The molecule has 0 bridgehead atoms. The highest BCUT2D eigenvalue weighted by Crippen LogP contribution is 2.30. The van der Waals surface area contributed by atoms with E-state index in [4.69, 9.17) is 0 Å².